The molecule has 3 heteroatoms. The highest BCUT2D eigenvalue weighted by Gasteiger charge is 2.18. The summed E-state index contributed by atoms with van der Waals surface area (Å²) in [5.41, 5.74) is 9.51. The van der Waals surface area contributed by atoms with Gasteiger partial charge in [0.15, 0.2) is 0 Å². The summed E-state index contributed by atoms with van der Waals surface area (Å²) in [5.74, 6) is 0.273. The molecule has 0 fully saturated rings. The van der Waals surface area contributed by atoms with Gasteiger partial charge in [-0.2, -0.15) is 0 Å². The van der Waals surface area contributed by atoms with Gasteiger partial charge in [-0.15, -0.1) is 0 Å². The number of nitrogens with two attached hydrogens (primary N) is 1. The maximum Gasteiger partial charge on any atom is 0.134 e. The van der Waals surface area contributed by atoms with Crippen LogP contribution in [0.5, 0.6) is 0 Å². The van der Waals surface area contributed by atoms with Crippen molar-refractivity contribution in [3.8, 4) is 0 Å². The summed E-state index contributed by atoms with van der Waals surface area (Å²) in [6, 6.07) is 12.1. The highest BCUT2D eigenvalue weighted by molar-refractivity contribution is 5.78. The van der Waals surface area contributed by atoms with Crippen LogP contribution in [0.3, 0.4) is 0 Å². The minimum Gasteiger partial charge on any atom is -0.459 e. The van der Waals surface area contributed by atoms with Gasteiger partial charge in [-0.25, -0.2) is 4.39 Å². The second kappa shape index (κ2) is 4.76. The number of benzene rings is 2. The average molecular weight is 269 g/mol. The predicted molar refractivity (Wildman–Crippen MR) is 78.1 cm³/mol. The standard InChI is InChI=1S/C17H16FNO/c1-10-4-6-15-12(7-10)9-16(20-15)17(19)13-8-11(2)3-5-14(13)18/h3-9,17H,19H2,1-2H3. The van der Waals surface area contributed by atoms with E-state index in [1.807, 2.05) is 38.1 Å². The Labute approximate surface area is 117 Å². The Morgan fingerprint density at radius 3 is 2.50 bits per heavy atom. The lowest BCUT2D eigenvalue weighted by Crippen LogP contribution is -2.13. The molecular weight excluding hydrogens is 253 g/mol. The third kappa shape index (κ3) is 2.21. The molecule has 2 N–H and O–H groups in total. The highest BCUT2D eigenvalue weighted by Crippen LogP contribution is 2.29. The largest absolute Gasteiger partial charge is 0.459 e. The van der Waals surface area contributed by atoms with Crippen LogP contribution >= 0.6 is 0 Å². The van der Waals surface area contributed by atoms with Gasteiger partial charge < -0.3 is 10.2 Å². The summed E-state index contributed by atoms with van der Waals surface area (Å²) in [6.07, 6.45) is 0. The molecule has 0 aliphatic carbocycles. The minimum atomic E-state index is -0.595. The molecule has 1 unspecified atom stereocenters. The first-order chi connectivity index (χ1) is 9.54. The molecule has 2 nitrogen and oxygen atoms in total. The minimum absolute atomic E-state index is 0.306. The third-order valence-corrected chi connectivity index (χ3v) is 3.48. The number of hydrogen-bond acceptors (Lipinski definition) is 2. The molecule has 3 aromatic rings. The van der Waals surface area contributed by atoms with Crippen molar-refractivity contribution in [2.75, 3.05) is 0 Å². The Hall–Kier alpha value is -2.13. The fourth-order valence-electron chi connectivity index (χ4n) is 2.39. The van der Waals surface area contributed by atoms with Crippen LogP contribution in [0.25, 0.3) is 11.0 Å². The predicted octanol–water partition coefficient (Wildman–Crippen LogP) is 4.24. The van der Waals surface area contributed by atoms with Crippen LogP contribution in [0.1, 0.15) is 28.5 Å². The summed E-state index contributed by atoms with van der Waals surface area (Å²) in [7, 11) is 0. The summed E-state index contributed by atoms with van der Waals surface area (Å²) in [4.78, 5) is 0. The van der Waals surface area contributed by atoms with Gasteiger partial charge in [0.2, 0.25) is 0 Å². The Morgan fingerprint density at radius 2 is 1.70 bits per heavy atom. The first-order valence-electron chi connectivity index (χ1n) is 6.56. The topological polar surface area (TPSA) is 39.2 Å². The molecule has 0 aliphatic heterocycles. The van der Waals surface area contributed by atoms with E-state index in [-0.39, 0.29) is 5.82 Å². The summed E-state index contributed by atoms with van der Waals surface area (Å²) in [6.45, 7) is 3.93. The molecule has 20 heavy (non-hydrogen) atoms. The number of furan rings is 1. The Kier molecular flexibility index (Phi) is 3.07. The molecule has 0 aliphatic rings. The molecule has 0 radical (unpaired) electrons. The Balaban J connectivity index is 2.07. The first-order valence-corrected chi connectivity index (χ1v) is 6.56. The van der Waals surface area contributed by atoms with E-state index in [2.05, 4.69) is 0 Å². The smallest absolute Gasteiger partial charge is 0.134 e. The Morgan fingerprint density at radius 1 is 1.00 bits per heavy atom. The molecule has 0 amide bonds. The number of halogens is 1. The van der Waals surface area contributed by atoms with E-state index in [9.17, 15) is 4.39 Å². The van der Waals surface area contributed by atoms with Gasteiger partial charge in [0.1, 0.15) is 17.2 Å². The molecule has 2 aromatic carbocycles. The molecule has 0 saturated carbocycles. The van der Waals surface area contributed by atoms with Crippen molar-refractivity contribution in [3.05, 3.63) is 70.7 Å². The number of rotatable bonds is 2. The summed E-state index contributed by atoms with van der Waals surface area (Å²) < 4.78 is 19.6. The van der Waals surface area contributed by atoms with E-state index in [1.54, 1.807) is 12.1 Å². The van der Waals surface area contributed by atoms with Gasteiger partial charge in [0.05, 0.1) is 6.04 Å². The van der Waals surface area contributed by atoms with Crippen LogP contribution in [0.4, 0.5) is 4.39 Å². The van der Waals surface area contributed by atoms with Crippen LogP contribution in [0.2, 0.25) is 0 Å². The fourth-order valence-corrected chi connectivity index (χ4v) is 2.39. The van der Waals surface area contributed by atoms with Crippen molar-refractivity contribution in [2.45, 2.75) is 19.9 Å². The van der Waals surface area contributed by atoms with E-state index in [1.165, 1.54) is 6.07 Å². The molecule has 0 bridgehead atoms. The lowest BCUT2D eigenvalue weighted by molar-refractivity contribution is 0.510. The average Bonchev–Trinajstić information content (AvgIpc) is 2.83. The maximum atomic E-state index is 13.9. The van der Waals surface area contributed by atoms with E-state index >= 15 is 0 Å². The zero-order valence-corrected chi connectivity index (χ0v) is 11.5. The molecule has 0 spiro atoms. The van der Waals surface area contributed by atoms with E-state index in [0.717, 1.165) is 22.1 Å². The van der Waals surface area contributed by atoms with E-state index < -0.39 is 6.04 Å². The van der Waals surface area contributed by atoms with Crippen molar-refractivity contribution in [1.82, 2.24) is 0 Å². The van der Waals surface area contributed by atoms with Gasteiger partial charge in [-0.1, -0.05) is 29.3 Å². The van der Waals surface area contributed by atoms with Gasteiger partial charge in [-0.3, -0.25) is 0 Å². The Bertz CT molecular complexity index is 776. The SMILES string of the molecule is Cc1ccc(F)c(C(N)c2cc3cc(C)ccc3o2)c1. The van der Waals surface area contributed by atoms with Crippen molar-refractivity contribution < 1.29 is 8.81 Å². The van der Waals surface area contributed by atoms with Crippen LogP contribution in [0, 0.1) is 19.7 Å². The third-order valence-electron chi connectivity index (χ3n) is 3.48. The highest BCUT2D eigenvalue weighted by atomic mass is 19.1. The second-order valence-corrected chi connectivity index (χ2v) is 5.19. The van der Waals surface area contributed by atoms with Crippen molar-refractivity contribution in [3.63, 3.8) is 0 Å². The molecule has 1 atom stereocenters. The van der Waals surface area contributed by atoms with E-state index in [4.69, 9.17) is 10.2 Å². The lowest BCUT2D eigenvalue weighted by atomic mass is 10.0. The van der Waals surface area contributed by atoms with Gasteiger partial charge in [-0.05, 0) is 38.1 Å². The molecule has 1 aromatic heterocycles. The van der Waals surface area contributed by atoms with Crippen LogP contribution in [0.15, 0.2) is 46.9 Å². The van der Waals surface area contributed by atoms with Gasteiger partial charge >= 0.3 is 0 Å². The monoisotopic (exact) mass is 269 g/mol. The van der Waals surface area contributed by atoms with Gasteiger partial charge in [0.25, 0.3) is 0 Å². The molecule has 3 rings (SSSR count). The normalized spacial score (nSPS) is 12.8. The maximum absolute atomic E-state index is 13.9. The second-order valence-electron chi connectivity index (χ2n) is 5.19. The van der Waals surface area contributed by atoms with Crippen LogP contribution in [-0.4, -0.2) is 0 Å². The summed E-state index contributed by atoms with van der Waals surface area (Å²) in [5, 5.41) is 0.989. The zero-order chi connectivity index (χ0) is 14.3. The molecule has 102 valence electrons. The molecule has 1 heterocycles. The van der Waals surface area contributed by atoms with Crippen LogP contribution < -0.4 is 5.73 Å². The summed E-state index contributed by atoms with van der Waals surface area (Å²) >= 11 is 0. The van der Waals surface area contributed by atoms with Crippen molar-refractivity contribution in [1.29, 1.82) is 0 Å². The lowest BCUT2D eigenvalue weighted by Gasteiger charge is -2.11. The number of hydrogen-bond donors (Lipinski definition) is 1. The van der Waals surface area contributed by atoms with Crippen molar-refractivity contribution in [2.24, 2.45) is 5.73 Å². The molecule has 0 saturated heterocycles. The first kappa shape index (κ1) is 12.9. The van der Waals surface area contributed by atoms with Crippen molar-refractivity contribution >= 4 is 11.0 Å². The molecular formula is C17H16FNO. The quantitative estimate of drug-likeness (QED) is 0.756. The fraction of sp³-hybridized carbons (Fsp3) is 0.176. The van der Waals surface area contributed by atoms with Crippen LogP contribution in [-0.2, 0) is 0 Å². The van der Waals surface area contributed by atoms with Gasteiger partial charge in [0, 0.05) is 10.9 Å². The number of fused-ring (bicyclic) bond motifs is 1. The van der Waals surface area contributed by atoms with E-state index in [0.29, 0.717) is 11.3 Å². The zero-order valence-electron chi connectivity index (χ0n) is 11.5. The number of aryl methyl sites for hydroxylation is 2.